The first-order valence-corrected chi connectivity index (χ1v) is 7.52. The van der Waals surface area contributed by atoms with Crippen molar-refractivity contribution < 1.29 is 4.79 Å². The molecule has 0 unspecified atom stereocenters. The Balaban J connectivity index is 1.73. The molecule has 0 aliphatic heterocycles. The van der Waals surface area contributed by atoms with Crippen molar-refractivity contribution in [3.05, 3.63) is 76.0 Å². The van der Waals surface area contributed by atoms with Gasteiger partial charge in [0.05, 0.1) is 24.1 Å². The molecule has 0 radical (unpaired) electrons. The summed E-state index contributed by atoms with van der Waals surface area (Å²) in [5.41, 5.74) is 2.24. The van der Waals surface area contributed by atoms with Gasteiger partial charge >= 0.3 is 0 Å². The lowest BCUT2D eigenvalue weighted by Crippen LogP contribution is -2.31. The lowest BCUT2D eigenvalue weighted by molar-refractivity contribution is 0.0938. The van der Waals surface area contributed by atoms with Gasteiger partial charge in [-0.2, -0.15) is 0 Å². The highest BCUT2D eigenvalue weighted by atomic mass is 16.2. The largest absolute Gasteiger partial charge is 0.345 e. The summed E-state index contributed by atoms with van der Waals surface area (Å²) in [5, 5.41) is 10.5. The highest BCUT2D eigenvalue weighted by Gasteiger charge is 2.14. The van der Waals surface area contributed by atoms with Crippen LogP contribution in [0.2, 0.25) is 0 Å². The summed E-state index contributed by atoms with van der Waals surface area (Å²) in [6.07, 6.45) is 3.36. The molecule has 0 bridgehead atoms. The number of aryl methyl sites for hydroxylation is 1. The second-order valence-electron chi connectivity index (χ2n) is 5.52. The van der Waals surface area contributed by atoms with Gasteiger partial charge in [-0.1, -0.05) is 17.3 Å². The van der Waals surface area contributed by atoms with Crippen LogP contribution in [0.4, 0.5) is 0 Å². The Morgan fingerprint density at radius 2 is 1.96 bits per heavy atom. The molecule has 2 heterocycles. The van der Waals surface area contributed by atoms with Crippen molar-refractivity contribution in [1.82, 2.24) is 25.3 Å². The maximum Gasteiger partial charge on any atom is 0.260 e. The Morgan fingerprint density at radius 1 is 1.21 bits per heavy atom. The molecular formula is C17H17N5O2. The number of H-pyrrole nitrogens is 1. The molecule has 0 saturated carbocycles. The molecule has 2 N–H and O–H groups in total. The van der Waals surface area contributed by atoms with Crippen molar-refractivity contribution in [3.8, 4) is 5.69 Å². The quantitative estimate of drug-likeness (QED) is 0.765. The molecule has 7 heteroatoms. The first-order valence-electron chi connectivity index (χ1n) is 7.52. The van der Waals surface area contributed by atoms with Gasteiger partial charge in [0.1, 0.15) is 5.56 Å². The van der Waals surface area contributed by atoms with Gasteiger partial charge in [0, 0.05) is 5.69 Å². The molecule has 2 aromatic heterocycles. The summed E-state index contributed by atoms with van der Waals surface area (Å²) in [6.45, 7) is 3.63. The fourth-order valence-corrected chi connectivity index (χ4v) is 2.37. The number of nitrogens with one attached hydrogen (secondary N) is 2. The number of pyridine rings is 1. The third-order valence-corrected chi connectivity index (χ3v) is 3.73. The third-order valence-electron chi connectivity index (χ3n) is 3.73. The van der Waals surface area contributed by atoms with Crippen molar-refractivity contribution in [2.75, 3.05) is 0 Å². The average molecular weight is 323 g/mol. The fourth-order valence-electron chi connectivity index (χ4n) is 2.37. The summed E-state index contributed by atoms with van der Waals surface area (Å²) in [7, 11) is 0. The Bertz CT molecular complexity index is 897. The van der Waals surface area contributed by atoms with E-state index in [1.54, 1.807) is 30.1 Å². The summed E-state index contributed by atoms with van der Waals surface area (Å²) >= 11 is 0. The Kier molecular flexibility index (Phi) is 4.24. The number of aromatic amines is 1. The monoisotopic (exact) mass is 323 g/mol. The molecule has 122 valence electrons. The number of aromatic nitrogens is 4. The lowest BCUT2D eigenvalue weighted by Gasteiger charge is -2.14. The average Bonchev–Trinajstić information content (AvgIpc) is 3.09. The van der Waals surface area contributed by atoms with Crippen molar-refractivity contribution in [3.63, 3.8) is 0 Å². The van der Waals surface area contributed by atoms with Crippen LogP contribution in [-0.4, -0.2) is 25.9 Å². The zero-order valence-electron chi connectivity index (χ0n) is 13.4. The zero-order valence-corrected chi connectivity index (χ0v) is 13.4. The minimum atomic E-state index is -0.399. The van der Waals surface area contributed by atoms with E-state index in [-0.39, 0.29) is 17.2 Å². The van der Waals surface area contributed by atoms with Crippen LogP contribution in [0.5, 0.6) is 0 Å². The highest BCUT2D eigenvalue weighted by molar-refractivity contribution is 5.94. The van der Waals surface area contributed by atoms with E-state index in [0.717, 1.165) is 11.3 Å². The molecule has 7 nitrogen and oxygen atoms in total. The van der Waals surface area contributed by atoms with Gasteiger partial charge in [0.2, 0.25) is 0 Å². The van der Waals surface area contributed by atoms with Crippen LogP contribution in [0, 0.1) is 6.92 Å². The number of hydrogen-bond acceptors (Lipinski definition) is 4. The molecular weight excluding hydrogens is 306 g/mol. The summed E-state index contributed by atoms with van der Waals surface area (Å²) in [4.78, 5) is 26.7. The van der Waals surface area contributed by atoms with Gasteiger partial charge in [0.15, 0.2) is 0 Å². The van der Waals surface area contributed by atoms with Crippen LogP contribution < -0.4 is 10.9 Å². The molecule has 0 aliphatic rings. The van der Waals surface area contributed by atoms with E-state index in [2.05, 4.69) is 20.6 Å². The Labute approximate surface area is 138 Å². The van der Waals surface area contributed by atoms with Gasteiger partial charge < -0.3 is 10.3 Å². The molecule has 3 rings (SSSR count). The molecule has 1 amide bonds. The number of carbonyl (C=O) groups is 1. The zero-order chi connectivity index (χ0) is 17.1. The van der Waals surface area contributed by atoms with Crippen molar-refractivity contribution in [1.29, 1.82) is 0 Å². The van der Waals surface area contributed by atoms with Crippen molar-refractivity contribution in [2.24, 2.45) is 0 Å². The van der Waals surface area contributed by atoms with Gasteiger partial charge in [-0.15, -0.1) is 5.10 Å². The minimum Gasteiger partial charge on any atom is -0.345 e. The predicted octanol–water partition coefficient (Wildman–Crippen LogP) is 1.76. The Morgan fingerprint density at radius 3 is 2.58 bits per heavy atom. The molecule has 1 atom stereocenters. The SMILES string of the molecule is Cc1ccc(C(=O)N[C@H](C)c2ccc(-n3ccnn3)cc2)c(=O)[nH]1. The van der Waals surface area contributed by atoms with E-state index in [1.807, 2.05) is 31.2 Å². The second kappa shape index (κ2) is 6.49. The van der Waals surface area contributed by atoms with E-state index in [9.17, 15) is 9.59 Å². The van der Waals surface area contributed by atoms with E-state index >= 15 is 0 Å². The van der Waals surface area contributed by atoms with Gasteiger partial charge in [-0.05, 0) is 43.7 Å². The van der Waals surface area contributed by atoms with Gasteiger partial charge in [0.25, 0.3) is 11.5 Å². The predicted molar refractivity (Wildman–Crippen MR) is 89.0 cm³/mol. The minimum absolute atomic E-state index is 0.103. The first-order chi connectivity index (χ1) is 11.5. The molecule has 3 aromatic rings. The van der Waals surface area contributed by atoms with Crippen LogP contribution in [0.3, 0.4) is 0 Å². The molecule has 0 aliphatic carbocycles. The van der Waals surface area contributed by atoms with Crippen molar-refractivity contribution in [2.45, 2.75) is 19.9 Å². The highest BCUT2D eigenvalue weighted by Crippen LogP contribution is 2.15. The third kappa shape index (κ3) is 3.24. The van der Waals surface area contributed by atoms with Crippen LogP contribution >= 0.6 is 0 Å². The molecule has 0 spiro atoms. The van der Waals surface area contributed by atoms with E-state index in [4.69, 9.17) is 0 Å². The fraction of sp³-hybridized carbons (Fsp3) is 0.176. The van der Waals surface area contributed by atoms with Crippen LogP contribution in [0.25, 0.3) is 5.69 Å². The smallest absolute Gasteiger partial charge is 0.260 e. The van der Waals surface area contributed by atoms with Crippen LogP contribution in [-0.2, 0) is 0 Å². The topological polar surface area (TPSA) is 92.7 Å². The first kappa shape index (κ1) is 15.7. The summed E-state index contributed by atoms with van der Waals surface area (Å²) in [6, 6.07) is 10.6. The lowest BCUT2D eigenvalue weighted by atomic mass is 10.1. The van der Waals surface area contributed by atoms with E-state index in [0.29, 0.717) is 5.69 Å². The number of carbonyl (C=O) groups excluding carboxylic acids is 1. The maximum atomic E-state index is 12.3. The molecule has 0 fully saturated rings. The molecule has 0 saturated heterocycles. The molecule has 1 aromatic carbocycles. The Hall–Kier alpha value is -3.22. The normalized spacial score (nSPS) is 11.9. The number of nitrogens with zero attached hydrogens (tertiary/aromatic N) is 3. The standard InChI is InChI=1S/C17H17N5O2/c1-11-3-8-15(16(23)19-11)17(24)20-12(2)13-4-6-14(7-5-13)22-10-9-18-21-22/h3-10,12H,1-2H3,(H,19,23)(H,20,24)/t12-/m1/s1. The van der Waals surface area contributed by atoms with Gasteiger partial charge in [-0.25, -0.2) is 4.68 Å². The van der Waals surface area contributed by atoms with Crippen LogP contribution in [0.15, 0.2) is 53.6 Å². The van der Waals surface area contributed by atoms with E-state index in [1.165, 1.54) is 6.07 Å². The number of benzene rings is 1. The molecule has 24 heavy (non-hydrogen) atoms. The maximum absolute atomic E-state index is 12.3. The van der Waals surface area contributed by atoms with Gasteiger partial charge in [-0.3, -0.25) is 9.59 Å². The summed E-state index contributed by atoms with van der Waals surface area (Å²) in [5.74, 6) is -0.399. The number of hydrogen-bond donors (Lipinski definition) is 2. The second-order valence-corrected chi connectivity index (χ2v) is 5.52. The van der Waals surface area contributed by atoms with E-state index < -0.39 is 5.91 Å². The van der Waals surface area contributed by atoms with Crippen molar-refractivity contribution >= 4 is 5.91 Å². The number of amides is 1. The number of rotatable bonds is 4. The summed E-state index contributed by atoms with van der Waals surface area (Å²) < 4.78 is 1.65. The van der Waals surface area contributed by atoms with Crippen LogP contribution in [0.1, 0.15) is 34.6 Å².